The monoisotopic (exact) mass is 323 g/mol. The molecule has 1 N–H and O–H groups in total. The lowest BCUT2D eigenvalue weighted by atomic mass is 9.75. The molecule has 4 heteroatoms. The van der Waals surface area contributed by atoms with Gasteiger partial charge in [-0.15, -0.1) is 11.3 Å². The van der Waals surface area contributed by atoms with Crippen molar-refractivity contribution in [3.63, 3.8) is 0 Å². The van der Waals surface area contributed by atoms with Gasteiger partial charge in [0, 0.05) is 11.4 Å². The van der Waals surface area contributed by atoms with Crippen molar-refractivity contribution < 1.29 is 4.42 Å². The highest BCUT2D eigenvalue weighted by Gasteiger charge is 2.29. The Labute approximate surface area is 135 Å². The van der Waals surface area contributed by atoms with E-state index in [1.807, 2.05) is 18.2 Å². The minimum absolute atomic E-state index is 0.108. The molecular formula is C17H22ClNOS. The topological polar surface area (TPSA) is 25.2 Å². The first kappa shape index (κ1) is 15.1. The average molecular weight is 324 g/mol. The minimum atomic E-state index is 0.108. The van der Waals surface area contributed by atoms with E-state index in [4.69, 9.17) is 16.0 Å². The van der Waals surface area contributed by atoms with Crippen molar-refractivity contribution in [1.82, 2.24) is 5.32 Å². The van der Waals surface area contributed by atoms with E-state index in [2.05, 4.69) is 18.3 Å². The lowest BCUT2D eigenvalue weighted by Gasteiger charge is -2.35. The molecule has 1 atom stereocenters. The van der Waals surface area contributed by atoms with E-state index in [0.717, 1.165) is 16.6 Å². The zero-order chi connectivity index (χ0) is 14.7. The second-order valence-corrected chi connectivity index (χ2v) is 8.09. The van der Waals surface area contributed by atoms with Crippen molar-refractivity contribution in [3.8, 4) is 0 Å². The van der Waals surface area contributed by atoms with Crippen molar-refractivity contribution in [1.29, 1.82) is 0 Å². The summed E-state index contributed by atoms with van der Waals surface area (Å²) in [5.41, 5.74) is 0.407. The fourth-order valence-electron chi connectivity index (χ4n) is 3.21. The number of hydrogen-bond acceptors (Lipinski definition) is 3. The molecule has 0 bridgehead atoms. The van der Waals surface area contributed by atoms with Crippen molar-refractivity contribution in [2.24, 2.45) is 5.41 Å². The van der Waals surface area contributed by atoms with Crippen LogP contribution in [0.3, 0.4) is 0 Å². The molecule has 2 aromatic heterocycles. The number of halogens is 1. The Morgan fingerprint density at radius 3 is 2.71 bits per heavy atom. The van der Waals surface area contributed by atoms with E-state index in [1.165, 1.54) is 37.0 Å². The van der Waals surface area contributed by atoms with Gasteiger partial charge in [0.2, 0.25) is 0 Å². The van der Waals surface area contributed by atoms with Crippen molar-refractivity contribution >= 4 is 22.9 Å². The van der Waals surface area contributed by atoms with Crippen LogP contribution in [0.25, 0.3) is 0 Å². The molecule has 1 aliphatic carbocycles. The average Bonchev–Trinajstić information content (AvgIpc) is 3.12. The summed E-state index contributed by atoms with van der Waals surface area (Å²) in [5.74, 6) is 0.966. The van der Waals surface area contributed by atoms with Crippen molar-refractivity contribution in [2.45, 2.75) is 45.1 Å². The Bertz CT molecular complexity index is 557. The highest BCUT2D eigenvalue weighted by molar-refractivity contribution is 7.16. The van der Waals surface area contributed by atoms with Crippen LogP contribution in [0.15, 0.2) is 34.9 Å². The first-order valence-corrected chi connectivity index (χ1v) is 8.88. The first-order valence-electron chi connectivity index (χ1n) is 7.68. The van der Waals surface area contributed by atoms with Crippen LogP contribution in [0.1, 0.15) is 55.7 Å². The Balaban J connectivity index is 1.74. The van der Waals surface area contributed by atoms with E-state index >= 15 is 0 Å². The van der Waals surface area contributed by atoms with Gasteiger partial charge >= 0.3 is 0 Å². The maximum Gasteiger partial charge on any atom is 0.126 e. The molecule has 3 rings (SSSR count). The molecule has 1 fully saturated rings. The van der Waals surface area contributed by atoms with Crippen LogP contribution in [-0.4, -0.2) is 6.54 Å². The summed E-state index contributed by atoms with van der Waals surface area (Å²) in [7, 11) is 0. The fourth-order valence-corrected chi connectivity index (χ4v) is 4.36. The van der Waals surface area contributed by atoms with Crippen LogP contribution in [0.4, 0.5) is 0 Å². The predicted molar refractivity (Wildman–Crippen MR) is 89.1 cm³/mol. The van der Waals surface area contributed by atoms with Gasteiger partial charge in [-0.3, -0.25) is 0 Å². The van der Waals surface area contributed by atoms with E-state index in [0.29, 0.717) is 5.41 Å². The Hall–Kier alpha value is -0.770. The fraction of sp³-hybridized carbons (Fsp3) is 0.529. The quantitative estimate of drug-likeness (QED) is 0.769. The van der Waals surface area contributed by atoms with Crippen LogP contribution >= 0.6 is 22.9 Å². The normalized spacial score (nSPS) is 19.5. The Morgan fingerprint density at radius 2 is 2.10 bits per heavy atom. The highest BCUT2D eigenvalue weighted by atomic mass is 35.5. The van der Waals surface area contributed by atoms with E-state index in [1.54, 1.807) is 17.6 Å². The van der Waals surface area contributed by atoms with Gasteiger partial charge in [0.1, 0.15) is 11.8 Å². The predicted octanol–water partition coefficient (Wildman–Crippen LogP) is 5.64. The molecule has 0 amide bonds. The Morgan fingerprint density at radius 1 is 1.29 bits per heavy atom. The third-order valence-electron chi connectivity index (χ3n) is 4.50. The maximum atomic E-state index is 6.10. The zero-order valence-corrected chi connectivity index (χ0v) is 14.0. The van der Waals surface area contributed by atoms with Crippen LogP contribution in [-0.2, 0) is 0 Å². The number of furan rings is 1. The lowest BCUT2D eigenvalue weighted by molar-refractivity contribution is 0.201. The second-order valence-electron chi connectivity index (χ2n) is 6.34. The molecule has 1 unspecified atom stereocenters. The van der Waals surface area contributed by atoms with Gasteiger partial charge in [0.15, 0.2) is 0 Å². The molecule has 0 aliphatic heterocycles. The maximum absolute atomic E-state index is 6.10. The van der Waals surface area contributed by atoms with Gasteiger partial charge in [-0.1, -0.05) is 37.8 Å². The van der Waals surface area contributed by atoms with Gasteiger partial charge in [-0.05, 0) is 42.5 Å². The van der Waals surface area contributed by atoms with Crippen LogP contribution in [0.5, 0.6) is 0 Å². The second kappa shape index (κ2) is 6.55. The van der Waals surface area contributed by atoms with Crippen molar-refractivity contribution in [2.75, 3.05) is 6.54 Å². The molecule has 1 aliphatic rings. The summed E-state index contributed by atoms with van der Waals surface area (Å²) in [5, 5.41) is 3.72. The summed E-state index contributed by atoms with van der Waals surface area (Å²) < 4.78 is 6.46. The number of nitrogens with one attached hydrogen (secondary N) is 1. The molecule has 0 saturated heterocycles. The Kier molecular flexibility index (Phi) is 4.72. The summed E-state index contributed by atoms with van der Waals surface area (Å²) >= 11 is 7.72. The third kappa shape index (κ3) is 3.71. The lowest BCUT2D eigenvalue weighted by Crippen LogP contribution is -2.35. The van der Waals surface area contributed by atoms with Crippen LogP contribution in [0.2, 0.25) is 4.34 Å². The van der Waals surface area contributed by atoms with E-state index in [9.17, 15) is 0 Å². The van der Waals surface area contributed by atoms with Gasteiger partial charge < -0.3 is 9.73 Å². The van der Waals surface area contributed by atoms with Gasteiger partial charge in [-0.25, -0.2) is 0 Å². The molecule has 2 heterocycles. The molecule has 21 heavy (non-hydrogen) atoms. The molecule has 2 aromatic rings. The number of rotatable bonds is 5. The molecule has 0 aromatic carbocycles. The summed E-state index contributed by atoms with van der Waals surface area (Å²) in [6.07, 6.45) is 8.47. The molecule has 2 nitrogen and oxygen atoms in total. The van der Waals surface area contributed by atoms with Gasteiger partial charge in [-0.2, -0.15) is 0 Å². The first-order chi connectivity index (χ1) is 10.2. The molecule has 114 valence electrons. The van der Waals surface area contributed by atoms with E-state index < -0.39 is 0 Å². The van der Waals surface area contributed by atoms with Crippen LogP contribution < -0.4 is 5.32 Å². The molecule has 0 radical (unpaired) electrons. The van der Waals surface area contributed by atoms with Gasteiger partial charge in [0.05, 0.1) is 10.6 Å². The zero-order valence-electron chi connectivity index (χ0n) is 12.4. The molecule has 1 saturated carbocycles. The van der Waals surface area contributed by atoms with Crippen LogP contribution in [0, 0.1) is 5.41 Å². The summed E-state index contributed by atoms with van der Waals surface area (Å²) in [6, 6.07) is 8.14. The molecular weight excluding hydrogens is 302 g/mol. The third-order valence-corrected chi connectivity index (χ3v) is 5.80. The largest absolute Gasteiger partial charge is 0.467 e. The summed E-state index contributed by atoms with van der Waals surface area (Å²) in [6.45, 7) is 3.42. The number of hydrogen-bond donors (Lipinski definition) is 1. The van der Waals surface area contributed by atoms with Gasteiger partial charge in [0.25, 0.3) is 0 Å². The van der Waals surface area contributed by atoms with E-state index in [-0.39, 0.29) is 6.04 Å². The number of thiophene rings is 1. The minimum Gasteiger partial charge on any atom is -0.467 e. The summed E-state index contributed by atoms with van der Waals surface area (Å²) in [4.78, 5) is 1.22. The smallest absolute Gasteiger partial charge is 0.126 e. The SMILES string of the molecule is CC1(CNC(c2ccco2)c2ccc(Cl)s2)CCCCC1. The van der Waals surface area contributed by atoms with Crippen molar-refractivity contribution in [3.05, 3.63) is 45.5 Å². The molecule has 0 spiro atoms. The standard InChI is InChI=1S/C17H22ClNOS/c1-17(9-3-2-4-10-17)12-19-16(13-6-5-11-20-13)14-7-8-15(18)21-14/h5-8,11,16,19H,2-4,9-10,12H2,1H3. The highest BCUT2D eigenvalue weighted by Crippen LogP contribution is 2.37.